The van der Waals surface area contributed by atoms with Gasteiger partial charge in [0, 0.05) is 48.7 Å². The van der Waals surface area contributed by atoms with Crippen LogP contribution < -0.4 is 15.5 Å². The fourth-order valence-corrected chi connectivity index (χ4v) is 4.21. The molecule has 2 heterocycles. The molecule has 0 radical (unpaired) electrons. The van der Waals surface area contributed by atoms with E-state index in [0.29, 0.717) is 18.6 Å². The Bertz CT molecular complexity index is 902. The quantitative estimate of drug-likeness (QED) is 0.791. The van der Waals surface area contributed by atoms with Crippen molar-refractivity contribution in [3.63, 3.8) is 0 Å². The molecule has 1 saturated heterocycles. The van der Waals surface area contributed by atoms with Gasteiger partial charge in [-0.3, -0.25) is 4.79 Å². The van der Waals surface area contributed by atoms with E-state index in [1.807, 2.05) is 39.2 Å². The van der Waals surface area contributed by atoms with Crippen LogP contribution in [0, 0.1) is 12.7 Å². The molecule has 2 atom stereocenters. The molecule has 0 spiro atoms. The van der Waals surface area contributed by atoms with Gasteiger partial charge in [0.25, 0.3) is 0 Å². The van der Waals surface area contributed by atoms with E-state index in [-0.39, 0.29) is 17.8 Å². The first-order valence-corrected chi connectivity index (χ1v) is 10.4. The first-order chi connectivity index (χ1) is 14.4. The van der Waals surface area contributed by atoms with E-state index in [9.17, 15) is 9.18 Å². The van der Waals surface area contributed by atoms with E-state index < -0.39 is 6.04 Å². The van der Waals surface area contributed by atoms with E-state index in [1.54, 1.807) is 6.07 Å². The number of hydrogen-bond donors (Lipinski definition) is 2. The van der Waals surface area contributed by atoms with Crippen LogP contribution in [0.3, 0.4) is 0 Å². The number of amides is 1. The Labute approximate surface area is 177 Å². The molecule has 6 nitrogen and oxygen atoms in total. The van der Waals surface area contributed by atoms with Crippen molar-refractivity contribution in [3.8, 4) is 0 Å². The maximum Gasteiger partial charge on any atom is 0.247 e. The van der Waals surface area contributed by atoms with Gasteiger partial charge in [0.15, 0.2) is 0 Å². The zero-order chi connectivity index (χ0) is 21.3. The minimum absolute atomic E-state index is 0.158. The molecule has 0 aliphatic carbocycles. The summed E-state index contributed by atoms with van der Waals surface area (Å²) < 4.78 is 20.0. The summed E-state index contributed by atoms with van der Waals surface area (Å²) in [5, 5.41) is 6.17. The Balaban J connectivity index is 1.42. The molecule has 7 heteroatoms. The Morgan fingerprint density at radius 3 is 2.93 bits per heavy atom. The van der Waals surface area contributed by atoms with E-state index in [4.69, 9.17) is 4.74 Å². The minimum Gasteiger partial charge on any atom is -0.373 e. The number of hydrogen-bond acceptors (Lipinski definition) is 5. The highest BCUT2D eigenvalue weighted by Gasteiger charge is 2.30. The lowest BCUT2D eigenvalue weighted by Crippen LogP contribution is -2.46. The number of morpholine rings is 1. The molecular formula is C23H29FN4O2. The van der Waals surface area contributed by atoms with E-state index in [2.05, 4.69) is 26.5 Å². The van der Waals surface area contributed by atoms with Gasteiger partial charge in [-0.05, 0) is 50.8 Å². The molecule has 2 aliphatic rings. The number of aryl methyl sites for hydroxylation is 1. The first kappa shape index (κ1) is 20.6. The first-order valence-electron chi connectivity index (χ1n) is 10.4. The standard InChI is InChI=1S/C23H29FN4O2/c1-15-7-8-20(24)19-12-21(26-22(15)19)23(29)25-16-5-4-6-17(11-16)28-9-10-30-18(14-28)13-27(2)3/h4-8,11,18,21,26H,9-10,12-14H2,1-3H3,(H,25,29). The Kier molecular flexibility index (Phi) is 5.92. The van der Waals surface area contributed by atoms with Crippen molar-refractivity contribution >= 4 is 23.0 Å². The van der Waals surface area contributed by atoms with Crippen molar-refractivity contribution in [3.05, 3.63) is 53.3 Å². The van der Waals surface area contributed by atoms with Gasteiger partial charge in [0.05, 0.1) is 12.7 Å². The van der Waals surface area contributed by atoms with Crippen LogP contribution in [0.15, 0.2) is 36.4 Å². The minimum atomic E-state index is -0.480. The fourth-order valence-electron chi connectivity index (χ4n) is 4.21. The second-order valence-electron chi connectivity index (χ2n) is 8.36. The SMILES string of the molecule is Cc1ccc(F)c2c1NC(C(=O)Nc1cccc(N3CCOC(CN(C)C)C3)c1)C2. The van der Waals surface area contributed by atoms with Gasteiger partial charge in [-0.1, -0.05) is 12.1 Å². The van der Waals surface area contributed by atoms with Crippen LogP contribution in [-0.4, -0.2) is 63.3 Å². The molecule has 0 aromatic heterocycles. The largest absolute Gasteiger partial charge is 0.373 e. The summed E-state index contributed by atoms with van der Waals surface area (Å²) in [6.07, 6.45) is 0.510. The van der Waals surface area contributed by atoms with Gasteiger partial charge < -0.3 is 25.2 Å². The summed E-state index contributed by atoms with van der Waals surface area (Å²) in [5.41, 5.74) is 4.07. The van der Waals surface area contributed by atoms with Crippen molar-refractivity contribution in [2.24, 2.45) is 0 Å². The number of nitrogens with zero attached hydrogens (tertiary/aromatic N) is 2. The summed E-state index contributed by atoms with van der Waals surface area (Å²) in [6, 6.07) is 10.6. The molecule has 1 amide bonds. The van der Waals surface area contributed by atoms with Gasteiger partial charge >= 0.3 is 0 Å². The summed E-state index contributed by atoms with van der Waals surface area (Å²) in [4.78, 5) is 17.2. The predicted octanol–water partition coefficient (Wildman–Crippen LogP) is 2.88. The van der Waals surface area contributed by atoms with Crippen LogP contribution in [0.4, 0.5) is 21.5 Å². The zero-order valence-corrected chi connectivity index (χ0v) is 17.7. The molecule has 0 saturated carbocycles. The third-order valence-corrected chi connectivity index (χ3v) is 5.69. The average molecular weight is 413 g/mol. The van der Waals surface area contributed by atoms with E-state index in [1.165, 1.54) is 6.07 Å². The Morgan fingerprint density at radius 1 is 1.33 bits per heavy atom. The predicted molar refractivity (Wildman–Crippen MR) is 118 cm³/mol. The van der Waals surface area contributed by atoms with Crippen LogP contribution in [-0.2, 0) is 16.0 Å². The second kappa shape index (κ2) is 8.62. The number of ether oxygens (including phenoxy) is 1. The normalized spacial score (nSPS) is 20.8. The lowest BCUT2D eigenvalue weighted by atomic mass is 10.1. The highest BCUT2D eigenvalue weighted by molar-refractivity contribution is 5.98. The van der Waals surface area contributed by atoms with Crippen molar-refractivity contribution in [2.75, 3.05) is 55.9 Å². The summed E-state index contributed by atoms with van der Waals surface area (Å²) in [6.45, 7) is 5.11. The van der Waals surface area contributed by atoms with Crippen LogP contribution in [0.2, 0.25) is 0 Å². The molecule has 30 heavy (non-hydrogen) atoms. The lowest BCUT2D eigenvalue weighted by molar-refractivity contribution is -0.116. The number of nitrogens with one attached hydrogen (secondary N) is 2. The van der Waals surface area contributed by atoms with Crippen molar-refractivity contribution < 1.29 is 13.9 Å². The molecule has 2 N–H and O–H groups in total. The average Bonchev–Trinajstić information content (AvgIpc) is 3.18. The number of halogens is 1. The van der Waals surface area contributed by atoms with Crippen LogP contribution in [0.5, 0.6) is 0 Å². The molecule has 2 aliphatic heterocycles. The maximum absolute atomic E-state index is 14.1. The molecule has 4 rings (SSSR count). The van der Waals surface area contributed by atoms with Crippen molar-refractivity contribution in [2.45, 2.75) is 25.5 Å². The smallest absolute Gasteiger partial charge is 0.247 e. The number of likely N-dealkylation sites (N-methyl/N-ethyl adjacent to an activating group) is 1. The van der Waals surface area contributed by atoms with Crippen LogP contribution in [0.1, 0.15) is 11.1 Å². The molecule has 2 aromatic carbocycles. The monoisotopic (exact) mass is 412 g/mol. The molecule has 0 bridgehead atoms. The number of anilines is 3. The van der Waals surface area contributed by atoms with Crippen molar-refractivity contribution in [1.29, 1.82) is 0 Å². The van der Waals surface area contributed by atoms with Gasteiger partial charge in [0.1, 0.15) is 11.9 Å². The Hall–Kier alpha value is -2.64. The summed E-state index contributed by atoms with van der Waals surface area (Å²) >= 11 is 0. The summed E-state index contributed by atoms with van der Waals surface area (Å²) in [7, 11) is 4.09. The third-order valence-electron chi connectivity index (χ3n) is 5.69. The third kappa shape index (κ3) is 4.42. The number of carbonyl (C=O) groups excluding carboxylic acids is 1. The fraction of sp³-hybridized carbons (Fsp3) is 0.435. The molecule has 160 valence electrons. The molecule has 1 fully saturated rings. The highest BCUT2D eigenvalue weighted by Crippen LogP contribution is 2.32. The molecule has 2 unspecified atom stereocenters. The topological polar surface area (TPSA) is 56.8 Å². The molecule has 2 aromatic rings. The number of benzene rings is 2. The number of carbonyl (C=O) groups is 1. The van der Waals surface area contributed by atoms with Gasteiger partial charge in [-0.25, -0.2) is 4.39 Å². The van der Waals surface area contributed by atoms with E-state index in [0.717, 1.165) is 42.3 Å². The zero-order valence-electron chi connectivity index (χ0n) is 17.7. The highest BCUT2D eigenvalue weighted by atomic mass is 19.1. The van der Waals surface area contributed by atoms with Crippen molar-refractivity contribution in [1.82, 2.24) is 4.90 Å². The number of rotatable bonds is 5. The number of fused-ring (bicyclic) bond motifs is 1. The van der Waals surface area contributed by atoms with Crippen LogP contribution >= 0.6 is 0 Å². The maximum atomic E-state index is 14.1. The molecular weight excluding hydrogens is 383 g/mol. The van der Waals surface area contributed by atoms with Gasteiger partial charge in [-0.15, -0.1) is 0 Å². The van der Waals surface area contributed by atoms with E-state index >= 15 is 0 Å². The van der Waals surface area contributed by atoms with Crippen LogP contribution in [0.25, 0.3) is 0 Å². The lowest BCUT2D eigenvalue weighted by Gasteiger charge is -2.35. The van der Waals surface area contributed by atoms with Gasteiger partial charge in [-0.2, -0.15) is 0 Å². The van der Waals surface area contributed by atoms with Gasteiger partial charge in [0.2, 0.25) is 5.91 Å². The second-order valence-corrected chi connectivity index (χ2v) is 8.36. The Morgan fingerprint density at radius 2 is 2.17 bits per heavy atom. The summed E-state index contributed by atoms with van der Waals surface area (Å²) in [5.74, 6) is -0.422.